The van der Waals surface area contributed by atoms with Crippen molar-refractivity contribution < 1.29 is 4.39 Å². The summed E-state index contributed by atoms with van der Waals surface area (Å²) < 4.78 is 13.7. The number of halogens is 1. The van der Waals surface area contributed by atoms with Crippen molar-refractivity contribution in [2.75, 3.05) is 31.6 Å². The first-order valence-electron chi connectivity index (χ1n) is 6.27. The molecule has 0 N–H and O–H groups in total. The van der Waals surface area contributed by atoms with Crippen LogP contribution in [0.1, 0.15) is 18.9 Å². The number of hydrogen-bond donors (Lipinski definition) is 0. The van der Waals surface area contributed by atoms with Gasteiger partial charge in [-0.05, 0) is 39.1 Å². The predicted molar refractivity (Wildman–Crippen MR) is 70.0 cm³/mol. The highest BCUT2D eigenvalue weighted by Crippen LogP contribution is 2.26. The maximum absolute atomic E-state index is 13.7. The van der Waals surface area contributed by atoms with Crippen LogP contribution < -0.4 is 4.90 Å². The molecule has 1 saturated heterocycles. The van der Waals surface area contributed by atoms with Crippen LogP contribution in [-0.4, -0.2) is 37.6 Å². The molecular formula is C14H18FN3. The zero-order valence-corrected chi connectivity index (χ0v) is 10.9. The second kappa shape index (κ2) is 5.36. The Bertz CT molecular complexity index is 467. The van der Waals surface area contributed by atoms with Gasteiger partial charge in [0.25, 0.3) is 0 Å². The van der Waals surface area contributed by atoms with E-state index in [9.17, 15) is 4.39 Å². The number of benzene rings is 1. The van der Waals surface area contributed by atoms with E-state index in [1.54, 1.807) is 6.07 Å². The first-order valence-corrected chi connectivity index (χ1v) is 6.27. The lowest BCUT2D eigenvalue weighted by molar-refractivity contribution is 0.337. The third-order valence-electron chi connectivity index (χ3n) is 3.46. The van der Waals surface area contributed by atoms with Crippen molar-refractivity contribution in [2.45, 2.75) is 19.4 Å². The van der Waals surface area contributed by atoms with Gasteiger partial charge in [0, 0.05) is 19.1 Å². The molecule has 0 radical (unpaired) electrons. The van der Waals surface area contributed by atoms with Crippen molar-refractivity contribution in [1.82, 2.24) is 4.90 Å². The minimum Gasteiger partial charge on any atom is -0.366 e. The van der Waals surface area contributed by atoms with Crippen molar-refractivity contribution in [3.05, 3.63) is 29.6 Å². The Labute approximate surface area is 107 Å². The maximum Gasteiger partial charge on any atom is 0.143 e. The van der Waals surface area contributed by atoms with E-state index < -0.39 is 5.82 Å². The van der Waals surface area contributed by atoms with Gasteiger partial charge in [0.2, 0.25) is 0 Å². The van der Waals surface area contributed by atoms with Gasteiger partial charge in [-0.2, -0.15) is 5.26 Å². The molecule has 0 saturated carbocycles. The third-order valence-corrected chi connectivity index (χ3v) is 3.46. The summed E-state index contributed by atoms with van der Waals surface area (Å²) in [7, 11) is 2.09. The average molecular weight is 247 g/mol. The van der Waals surface area contributed by atoms with Gasteiger partial charge < -0.3 is 9.80 Å². The van der Waals surface area contributed by atoms with Gasteiger partial charge in [0.05, 0.1) is 5.69 Å². The largest absolute Gasteiger partial charge is 0.366 e. The number of nitriles is 1. The predicted octanol–water partition coefficient (Wildman–Crippen LogP) is 2.23. The summed E-state index contributed by atoms with van der Waals surface area (Å²) in [5, 5.41) is 9.11. The van der Waals surface area contributed by atoms with Gasteiger partial charge in [-0.1, -0.05) is 6.07 Å². The fraction of sp³-hybridized carbons (Fsp3) is 0.500. The monoisotopic (exact) mass is 247 g/mol. The highest BCUT2D eigenvalue weighted by Gasteiger charge is 2.23. The van der Waals surface area contributed by atoms with E-state index in [0.717, 1.165) is 31.7 Å². The molecule has 4 heteroatoms. The van der Waals surface area contributed by atoms with Crippen molar-refractivity contribution in [3.8, 4) is 6.07 Å². The van der Waals surface area contributed by atoms with Crippen LogP contribution in [0.25, 0.3) is 0 Å². The average Bonchev–Trinajstić information content (AvgIpc) is 2.49. The van der Waals surface area contributed by atoms with Crippen LogP contribution in [0.5, 0.6) is 0 Å². The SMILES string of the molecule is CC1CN(C)CCCN1c1cccc(F)c1C#N. The summed E-state index contributed by atoms with van der Waals surface area (Å²) >= 11 is 0. The number of likely N-dealkylation sites (N-methyl/N-ethyl adjacent to an activating group) is 1. The lowest BCUT2D eigenvalue weighted by atomic mass is 10.1. The van der Waals surface area contributed by atoms with Crippen LogP contribution in [0, 0.1) is 17.1 Å². The van der Waals surface area contributed by atoms with Gasteiger partial charge in [-0.15, -0.1) is 0 Å². The van der Waals surface area contributed by atoms with Crippen molar-refractivity contribution >= 4 is 5.69 Å². The van der Waals surface area contributed by atoms with Gasteiger partial charge in [0.1, 0.15) is 17.4 Å². The smallest absolute Gasteiger partial charge is 0.143 e. The molecule has 0 amide bonds. The van der Waals surface area contributed by atoms with Gasteiger partial charge >= 0.3 is 0 Å². The summed E-state index contributed by atoms with van der Waals surface area (Å²) in [4.78, 5) is 4.42. The van der Waals surface area contributed by atoms with Crippen molar-refractivity contribution in [2.24, 2.45) is 0 Å². The molecule has 1 aliphatic rings. The van der Waals surface area contributed by atoms with E-state index in [-0.39, 0.29) is 11.6 Å². The highest BCUT2D eigenvalue weighted by atomic mass is 19.1. The Balaban J connectivity index is 2.36. The molecule has 1 fully saturated rings. The molecule has 1 aliphatic heterocycles. The molecule has 0 aromatic heterocycles. The van der Waals surface area contributed by atoms with Gasteiger partial charge in [-0.3, -0.25) is 0 Å². The third kappa shape index (κ3) is 2.46. The van der Waals surface area contributed by atoms with E-state index >= 15 is 0 Å². The lowest BCUT2D eigenvalue weighted by Gasteiger charge is -2.30. The van der Waals surface area contributed by atoms with Crippen LogP contribution in [0.2, 0.25) is 0 Å². The Morgan fingerprint density at radius 1 is 1.39 bits per heavy atom. The molecular weight excluding hydrogens is 229 g/mol. The van der Waals surface area contributed by atoms with Gasteiger partial charge in [-0.25, -0.2) is 4.39 Å². The summed E-state index contributed by atoms with van der Waals surface area (Å²) in [5.41, 5.74) is 0.884. The second-order valence-electron chi connectivity index (χ2n) is 4.90. The second-order valence-corrected chi connectivity index (χ2v) is 4.90. The van der Waals surface area contributed by atoms with Crippen LogP contribution in [0.15, 0.2) is 18.2 Å². The minimum absolute atomic E-state index is 0.161. The molecule has 1 unspecified atom stereocenters. The number of anilines is 1. The summed E-state index contributed by atoms with van der Waals surface area (Å²) in [6.07, 6.45) is 1.03. The minimum atomic E-state index is -0.431. The molecule has 96 valence electrons. The molecule has 1 aromatic carbocycles. The van der Waals surface area contributed by atoms with E-state index in [0.29, 0.717) is 0 Å². The molecule has 0 aliphatic carbocycles. The first-order chi connectivity index (χ1) is 8.63. The zero-order valence-electron chi connectivity index (χ0n) is 10.9. The van der Waals surface area contributed by atoms with Crippen LogP contribution in [0.3, 0.4) is 0 Å². The molecule has 1 aromatic rings. The fourth-order valence-corrected chi connectivity index (χ4v) is 2.59. The van der Waals surface area contributed by atoms with E-state index in [1.807, 2.05) is 12.1 Å². The number of hydrogen-bond acceptors (Lipinski definition) is 3. The zero-order chi connectivity index (χ0) is 13.1. The highest BCUT2D eigenvalue weighted by molar-refractivity contribution is 5.60. The Morgan fingerprint density at radius 3 is 2.89 bits per heavy atom. The quantitative estimate of drug-likeness (QED) is 0.762. The van der Waals surface area contributed by atoms with E-state index in [4.69, 9.17) is 5.26 Å². The summed E-state index contributed by atoms with van der Waals surface area (Å²) in [6, 6.07) is 7.12. The lowest BCUT2D eigenvalue weighted by Crippen LogP contribution is -2.38. The summed E-state index contributed by atoms with van der Waals surface area (Å²) in [6.45, 7) is 4.96. The maximum atomic E-state index is 13.7. The summed E-state index contributed by atoms with van der Waals surface area (Å²) in [5.74, 6) is -0.431. The molecule has 0 spiro atoms. The molecule has 2 rings (SSSR count). The van der Waals surface area contributed by atoms with E-state index in [1.165, 1.54) is 6.07 Å². The molecule has 1 atom stereocenters. The molecule has 0 bridgehead atoms. The van der Waals surface area contributed by atoms with Crippen LogP contribution in [-0.2, 0) is 0 Å². The molecule has 18 heavy (non-hydrogen) atoms. The normalized spacial score (nSPS) is 21.4. The fourth-order valence-electron chi connectivity index (χ4n) is 2.59. The Hall–Kier alpha value is -1.60. The number of rotatable bonds is 1. The van der Waals surface area contributed by atoms with Crippen LogP contribution in [0.4, 0.5) is 10.1 Å². The first kappa shape index (κ1) is 12.8. The van der Waals surface area contributed by atoms with Crippen LogP contribution >= 0.6 is 0 Å². The standard InChI is InChI=1S/C14H18FN3/c1-11-10-17(2)7-4-8-18(11)14-6-3-5-13(15)12(14)9-16/h3,5-6,11H,4,7-8,10H2,1-2H3. The van der Waals surface area contributed by atoms with E-state index in [2.05, 4.69) is 23.8 Å². The Kier molecular flexibility index (Phi) is 3.83. The number of nitrogens with zero attached hydrogens (tertiary/aromatic N) is 3. The molecule has 1 heterocycles. The van der Waals surface area contributed by atoms with Crippen molar-refractivity contribution in [1.29, 1.82) is 5.26 Å². The van der Waals surface area contributed by atoms with Gasteiger partial charge in [0.15, 0.2) is 0 Å². The Morgan fingerprint density at radius 2 is 2.17 bits per heavy atom. The van der Waals surface area contributed by atoms with Crippen molar-refractivity contribution in [3.63, 3.8) is 0 Å². The molecule has 3 nitrogen and oxygen atoms in total. The topological polar surface area (TPSA) is 30.3 Å².